The molecule has 0 aromatic rings. The predicted octanol–water partition coefficient (Wildman–Crippen LogP) is 3.95. The van der Waals surface area contributed by atoms with Crippen molar-refractivity contribution in [3.05, 3.63) is 6.92 Å². The third-order valence-corrected chi connectivity index (χ3v) is 1.89. The van der Waals surface area contributed by atoms with Crippen LogP contribution in [0.4, 0.5) is 0 Å². The van der Waals surface area contributed by atoms with E-state index in [4.69, 9.17) is 15.3 Å². The number of hydrogen-bond donors (Lipinski definition) is 3. The Morgan fingerprint density at radius 1 is 0.600 bits per heavy atom. The normalized spacial score (nSPS) is 7.80. The van der Waals surface area contributed by atoms with Crippen LogP contribution in [0.2, 0.25) is 0 Å². The van der Waals surface area contributed by atoms with Gasteiger partial charge in [0.25, 0.3) is 0 Å². The van der Waals surface area contributed by atoms with E-state index in [0.29, 0.717) is 19.8 Å². The minimum absolute atomic E-state index is 0. The van der Waals surface area contributed by atoms with Gasteiger partial charge >= 0.3 is 0 Å². The van der Waals surface area contributed by atoms with Crippen LogP contribution < -0.4 is 0 Å². The number of aliphatic hydroxyl groups is 3. The number of hydrogen-bond acceptors (Lipinski definition) is 3. The Bertz CT molecular complexity index is 71.5. The first-order chi connectivity index (χ1) is 9.16. The summed E-state index contributed by atoms with van der Waals surface area (Å²) in [6.45, 7) is 12.9. The Balaban J connectivity index is -0.0000000494. The quantitative estimate of drug-likeness (QED) is 0.490. The standard InChI is InChI=1S/3C4H10O.C4H9.Ti/c3*1-2-3-4-5;1-3-4-2;/h3*5H,2-4H2,1H3;1,3-4H2,2H3;/q;;;-1;. The number of rotatable bonds is 7. The predicted molar refractivity (Wildman–Crippen MR) is 86.2 cm³/mol. The van der Waals surface area contributed by atoms with E-state index in [0.717, 1.165) is 44.9 Å². The second kappa shape index (κ2) is 50.4. The van der Waals surface area contributed by atoms with Crippen LogP contribution in [-0.4, -0.2) is 35.1 Å². The molecule has 0 amide bonds. The fourth-order valence-corrected chi connectivity index (χ4v) is 0.474. The topological polar surface area (TPSA) is 60.7 Å². The summed E-state index contributed by atoms with van der Waals surface area (Å²) in [6, 6.07) is 0. The Labute approximate surface area is 143 Å². The second-order valence-electron chi connectivity index (χ2n) is 4.09. The van der Waals surface area contributed by atoms with Crippen molar-refractivity contribution in [2.75, 3.05) is 19.8 Å². The molecule has 0 saturated heterocycles. The maximum atomic E-state index is 8.07. The van der Waals surface area contributed by atoms with Gasteiger partial charge in [-0.05, 0) is 19.3 Å². The first-order valence-corrected chi connectivity index (χ1v) is 7.78. The third kappa shape index (κ3) is 99.8. The van der Waals surface area contributed by atoms with Gasteiger partial charge in [0.1, 0.15) is 0 Å². The van der Waals surface area contributed by atoms with Gasteiger partial charge in [-0.2, -0.15) is 6.42 Å². The van der Waals surface area contributed by atoms with Crippen LogP contribution in [-0.2, 0) is 21.7 Å². The summed E-state index contributed by atoms with van der Waals surface area (Å²) >= 11 is 0. The summed E-state index contributed by atoms with van der Waals surface area (Å²) < 4.78 is 0. The average Bonchev–Trinajstić information content (AvgIpc) is 2.43. The molecule has 0 radical (unpaired) electrons. The molecule has 0 aliphatic carbocycles. The molecule has 4 heteroatoms. The van der Waals surface area contributed by atoms with Gasteiger partial charge in [0, 0.05) is 41.5 Å². The van der Waals surface area contributed by atoms with Crippen molar-refractivity contribution < 1.29 is 37.0 Å². The zero-order valence-corrected chi connectivity index (χ0v) is 15.9. The minimum atomic E-state index is 0. The molecule has 0 unspecified atom stereocenters. The molecule has 0 heterocycles. The van der Waals surface area contributed by atoms with Gasteiger partial charge in [-0.15, -0.1) is 0 Å². The van der Waals surface area contributed by atoms with Gasteiger partial charge in [-0.1, -0.05) is 53.4 Å². The van der Waals surface area contributed by atoms with Gasteiger partial charge in [-0.3, -0.25) is 0 Å². The van der Waals surface area contributed by atoms with Crippen molar-refractivity contribution in [3.63, 3.8) is 0 Å². The van der Waals surface area contributed by atoms with E-state index in [-0.39, 0.29) is 21.7 Å². The fraction of sp³-hybridized carbons (Fsp3) is 0.938. The van der Waals surface area contributed by atoms with Crippen LogP contribution in [0.15, 0.2) is 0 Å². The van der Waals surface area contributed by atoms with Crippen molar-refractivity contribution in [1.29, 1.82) is 0 Å². The van der Waals surface area contributed by atoms with Gasteiger partial charge < -0.3 is 22.2 Å². The molecule has 3 nitrogen and oxygen atoms in total. The summed E-state index contributed by atoms with van der Waals surface area (Å²) in [5.41, 5.74) is 0. The molecule has 3 N–H and O–H groups in total. The zero-order valence-electron chi connectivity index (χ0n) is 14.3. The summed E-state index contributed by atoms with van der Waals surface area (Å²) in [7, 11) is 0. The third-order valence-electron chi connectivity index (χ3n) is 1.89. The molecule has 0 saturated carbocycles. The summed E-state index contributed by atoms with van der Waals surface area (Å²) in [4.78, 5) is 0. The van der Waals surface area contributed by atoms with Gasteiger partial charge in [-0.25, -0.2) is 0 Å². The van der Waals surface area contributed by atoms with Crippen molar-refractivity contribution in [3.8, 4) is 0 Å². The maximum absolute atomic E-state index is 8.07. The smallest absolute Gasteiger partial charge is 0.0430 e. The van der Waals surface area contributed by atoms with E-state index in [9.17, 15) is 0 Å². The molecule has 0 aliphatic heterocycles. The molecule has 126 valence electrons. The van der Waals surface area contributed by atoms with Crippen LogP contribution in [0.1, 0.15) is 79.1 Å². The molecule has 0 aromatic heterocycles. The molecule has 0 rings (SSSR count). The molecule has 0 fully saturated rings. The molecule has 0 aromatic carbocycles. The summed E-state index contributed by atoms with van der Waals surface area (Å²) in [5, 5.41) is 24.2. The largest absolute Gasteiger partial charge is 0.396 e. The van der Waals surface area contributed by atoms with Crippen LogP contribution in [0, 0.1) is 6.92 Å². The van der Waals surface area contributed by atoms with Crippen LogP contribution in [0.3, 0.4) is 0 Å². The molecule has 0 aliphatic rings. The summed E-state index contributed by atoms with van der Waals surface area (Å²) in [6.07, 6.45) is 8.39. The van der Waals surface area contributed by atoms with E-state index in [2.05, 4.69) is 34.6 Å². The van der Waals surface area contributed by atoms with Crippen molar-refractivity contribution in [2.24, 2.45) is 0 Å². The van der Waals surface area contributed by atoms with Crippen LogP contribution >= 0.6 is 0 Å². The number of aliphatic hydroxyl groups excluding tert-OH is 3. The van der Waals surface area contributed by atoms with Gasteiger partial charge in [0.05, 0.1) is 0 Å². The van der Waals surface area contributed by atoms with Crippen LogP contribution in [0.5, 0.6) is 0 Å². The monoisotopic (exact) mass is 327 g/mol. The van der Waals surface area contributed by atoms with E-state index in [1.165, 1.54) is 6.42 Å². The Kier molecular flexibility index (Phi) is 81.9. The number of unbranched alkanes of at least 4 members (excludes halogenated alkanes) is 4. The molecule has 0 atom stereocenters. The molecule has 20 heavy (non-hydrogen) atoms. The van der Waals surface area contributed by atoms with Gasteiger partial charge in [0.2, 0.25) is 0 Å². The molecule has 0 spiro atoms. The van der Waals surface area contributed by atoms with Gasteiger partial charge in [0.15, 0.2) is 0 Å². The van der Waals surface area contributed by atoms with Crippen LogP contribution in [0.25, 0.3) is 0 Å². The molecular weight excluding hydrogens is 288 g/mol. The summed E-state index contributed by atoms with van der Waals surface area (Å²) in [5.74, 6) is 0. The SMILES string of the molecule is CCCCO.CCCCO.CCCCO.[CH2-]CCC.[Ti]. The first-order valence-electron chi connectivity index (χ1n) is 7.78. The van der Waals surface area contributed by atoms with E-state index in [1.807, 2.05) is 0 Å². The van der Waals surface area contributed by atoms with Crippen molar-refractivity contribution >= 4 is 0 Å². The van der Waals surface area contributed by atoms with Crippen molar-refractivity contribution in [2.45, 2.75) is 79.1 Å². The molecule has 0 bridgehead atoms. The van der Waals surface area contributed by atoms with E-state index >= 15 is 0 Å². The van der Waals surface area contributed by atoms with Crippen molar-refractivity contribution in [1.82, 2.24) is 0 Å². The Morgan fingerprint density at radius 3 is 0.800 bits per heavy atom. The van der Waals surface area contributed by atoms with E-state index in [1.54, 1.807) is 0 Å². The minimum Gasteiger partial charge on any atom is -0.396 e. The maximum Gasteiger partial charge on any atom is 0.0430 e. The Hall–Kier alpha value is 0.594. The fourth-order valence-electron chi connectivity index (χ4n) is 0.474. The Morgan fingerprint density at radius 2 is 0.800 bits per heavy atom. The second-order valence-corrected chi connectivity index (χ2v) is 4.09. The van der Waals surface area contributed by atoms with E-state index < -0.39 is 0 Å². The molecular formula is C16H39O3Ti-. The first kappa shape index (κ1) is 32.5. The zero-order chi connectivity index (χ0) is 15.8. The average molecular weight is 327 g/mol.